The molecule has 2 aromatic rings. The van der Waals surface area contributed by atoms with E-state index in [4.69, 9.17) is 9.47 Å². The van der Waals surface area contributed by atoms with Gasteiger partial charge in [0.05, 0.1) is 18.7 Å². The van der Waals surface area contributed by atoms with Gasteiger partial charge in [-0.25, -0.2) is 9.78 Å². The van der Waals surface area contributed by atoms with E-state index >= 15 is 0 Å². The van der Waals surface area contributed by atoms with Crippen molar-refractivity contribution in [2.45, 2.75) is 73.1 Å². The molecular formula is C32H36NNaO6. The number of benzene rings is 1. The zero-order valence-electron chi connectivity index (χ0n) is 25.7. The summed E-state index contributed by atoms with van der Waals surface area (Å²) in [4.78, 5) is 43.8. The molecule has 206 valence electrons. The van der Waals surface area contributed by atoms with Gasteiger partial charge < -0.3 is 16.0 Å². The van der Waals surface area contributed by atoms with Crippen molar-refractivity contribution in [2.75, 3.05) is 7.11 Å². The Hall–Kier alpha value is -2.74. The van der Waals surface area contributed by atoms with Crippen LogP contribution in [0, 0.1) is 24.7 Å². The molecule has 0 amide bonds. The van der Waals surface area contributed by atoms with Gasteiger partial charge in [-0.1, -0.05) is 33.8 Å². The molecular weight excluding hydrogens is 517 g/mol. The molecule has 5 rings (SSSR count). The van der Waals surface area contributed by atoms with Crippen LogP contribution in [0.25, 0.3) is 11.3 Å². The van der Waals surface area contributed by atoms with E-state index in [2.05, 4.69) is 32.7 Å². The van der Waals surface area contributed by atoms with Crippen molar-refractivity contribution >= 4 is 17.5 Å². The average Bonchev–Trinajstić information content (AvgIpc) is 2.81. The predicted molar refractivity (Wildman–Crippen MR) is 148 cm³/mol. The number of carbonyl (C=O) groups is 3. The monoisotopic (exact) mass is 553 g/mol. The Morgan fingerprint density at radius 3 is 2.00 bits per heavy atom. The normalized spacial score (nSPS) is 19.9. The Morgan fingerprint density at radius 1 is 0.950 bits per heavy atom. The van der Waals surface area contributed by atoms with E-state index in [1.807, 2.05) is 19.1 Å². The number of aromatic carboxylic acids is 1. The second-order valence-electron chi connectivity index (χ2n) is 12.6. The number of carboxylic acids is 1. The summed E-state index contributed by atoms with van der Waals surface area (Å²) in [5.74, 6) is 0.0596. The largest absolute Gasteiger partial charge is 1.00 e. The number of ether oxygens (including phenoxy) is 2. The van der Waals surface area contributed by atoms with E-state index < -0.39 is 11.9 Å². The van der Waals surface area contributed by atoms with Gasteiger partial charge in [0.2, 0.25) is 0 Å². The SMILES string of the molecule is COc1ccc(-c2ccc(C)c(C(=O)O)n2)c(C)c1C1C2=C(CC(C)(C)CC2=O)OC2=C1C(=O)CC(C)(C)C2.[H-].[Na+]. The molecule has 1 N–H and O–H groups in total. The molecule has 7 nitrogen and oxygen atoms in total. The van der Waals surface area contributed by atoms with Crippen LogP contribution in [0.15, 0.2) is 46.9 Å². The summed E-state index contributed by atoms with van der Waals surface area (Å²) in [5.41, 5.74) is 3.82. The molecule has 1 aromatic carbocycles. The third-order valence-corrected chi connectivity index (χ3v) is 8.14. The quantitative estimate of drug-likeness (QED) is 0.578. The third-order valence-electron chi connectivity index (χ3n) is 8.14. The van der Waals surface area contributed by atoms with Crippen LogP contribution in [-0.2, 0) is 14.3 Å². The Balaban J connectivity index is 0.00000231. The van der Waals surface area contributed by atoms with Crippen LogP contribution in [0.3, 0.4) is 0 Å². The van der Waals surface area contributed by atoms with Gasteiger partial charge >= 0.3 is 35.5 Å². The molecule has 0 fully saturated rings. The fourth-order valence-electron chi connectivity index (χ4n) is 6.38. The van der Waals surface area contributed by atoms with Crippen molar-refractivity contribution in [1.29, 1.82) is 0 Å². The van der Waals surface area contributed by atoms with E-state index in [-0.39, 0.29) is 59.1 Å². The zero-order valence-corrected chi connectivity index (χ0v) is 26.7. The fourth-order valence-corrected chi connectivity index (χ4v) is 6.38. The van der Waals surface area contributed by atoms with Gasteiger partial charge in [0.1, 0.15) is 17.3 Å². The van der Waals surface area contributed by atoms with E-state index in [0.717, 1.165) is 16.7 Å². The molecule has 0 saturated heterocycles. The number of pyridine rings is 1. The van der Waals surface area contributed by atoms with E-state index in [1.54, 1.807) is 26.2 Å². The molecule has 0 unspecified atom stereocenters. The second kappa shape index (κ2) is 10.6. The van der Waals surface area contributed by atoms with E-state index in [0.29, 0.717) is 65.4 Å². The van der Waals surface area contributed by atoms with Crippen molar-refractivity contribution in [1.82, 2.24) is 4.98 Å². The minimum absolute atomic E-state index is 0. The van der Waals surface area contributed by atoms with Crippen LogP contribution in [0.5, 0.6) is 5.75 Å². The molecule has 2 heterocycles. The molecule has 1 aliphatic heterocycles. The Kier molecular flexibility index (Phi) is 8.00. The third kappa shape index (κ3) is 5.19. The maximum Gasteiger partial charge on any atom is 1.00 e. The summed E-state index contributed by atoms with van der Waals surface area (Å²) in [6.07, 6.45) is 1.91. The summed E-state index contributed by atoms with van der Waals surface area (Å²) in [7, 11) is 1.58. The van der Waals surface area contributed by atoms with Crippen molar-refractivity contribution in [3.05, 3.63) is 69.3 Å². The number of aryl methyl sites for hydroxylation is 1. The topological polar surface area (TPSA) is 103 Å². The molecule has 1 aromatic heterocycles. The van der Waals surface area contributed by atoms with Crippen molar-refractivity contribution < 1.29 is 59.9 Å². The summed E-state index contributed by atoms with van der Waals surface area (Å²) in [6, 6.07) is 7.19. The Morgan fingerprint density at radius 2 is 1.50 bits per heavy atom. The molecule has 8 heteroatoms. The number of Topliss-reactive ketones (excluding diaryl/α,β-unsaturated/α-hetero) is 2. The molecule has 40 heavy (non-hydrogen) atoms. The number of carboxylic acid groups (broad SMARTS) is 1. The van der Waals surface area contributed by atoms with E-state index in [9.17, 15) is 19.5 Å². The van der Waals surface area contributed by atoms with Crippen LogP contribution in [0.4, 0.5) is 0 Å². The zero-order chi connectivity index (χ0) is 28.4. The van der Waals surface area contributed by atoms with Gasteiger partial charge in [0.15, 0.2) is 17.3 Å². The van der Waals surface area contributed by atoms with Gasteiger partial charge in [-0.3, -0.25) is 9.59 Å². The molecule has 2 aliphatic carbocycles. The standard InChI is InChI=1S/C32H35NO6.Na.H/c1-16-8-10-19(33-29(16)30(36)37)18-9-11-22(38-7)25(17(18)2)28-26-20(34)12-31(3,4)14-23(26)39-24-15-32(5,6)13-21(35)27(24)28;;/h8-11,28H,12-15H2,1-7H3,(H,36,37);;/q;+1;-1. The van der Waals surface area contributed by atoms with Crippen LogP contribution in [0.1, 0.15) is 87.9 Å². The first-order valence-electron chi connectivity index (χ1n) is 13.3. The Bertz CT molecular complexity index is 1470. The minimum atomic E-state index is -1.10. The van der Waals surface area contributed by atoms with Crippen molar-refractivity contribution in [3.8, 4) is 17.0 Å². The maximum atomic E-state index is 13.8. The Labute approximate surface area is 258 Å². The number of ketones is 2. The average molecular weight is 554 g/mol. The second-order valence-corrected chi connectivity index (χ2v) is 12.6. The predicted octanol–water partition coefficient (Wildman–Crippen LogP) is 3.59. The number of aromatic nitrogens is 1. The van der Waals surface area contributed by atoms with Crippen molar-refractivity contribution in [3.63, 3.8) is 0 Å². The van der Waals surface area contributed by atoms with Crippen LogP contribution >= 0.6 is 0 Å². The van der Waals surface area contributed by atoms with Crippen LogP contribution in [0.2, 0.25) is 0 Å². The van der Waals surface area contributed by atoms with Gasteiger partial charge in [-0.05, 0) is 54.0 Å². The van der Waals surface area contributed by atoms with Crippen LogP contribution < -0.4 is 34.3 Å². The summed E-state index contributed by atoms with van der Waals surface area (Å²) in [5, 5.41) is 9.67. The summed E-state index contributed by atoms with van der Waals surface area (Å²) >= 11 is 0. The first-order chi connectivity index (χ1) is 18.2. The van der Waals surface area contributed by atoms with Crippen molar-refractivity contribution in [2.24, 2.45) is 10.8 Å². The van der Waals surface area contributed by atoms with Crippen LogP contribution in [-0.4, -0.2) is 34.7 Å². The number of nitrogens with zero attached hydrogens (tertiary/aromatic N) is 1. The molecule has 3 aliphatic rings. The number of carbonyl (C=O) groups excluding carboxylic acids is 2. The van der Waals surface area contributed by atoms with Gasteiger partial charge in [-0.15, -0.1) is 0 Å². The number of rotatable bonds is 4. The number of hydrogen-bond donors (Lipinski definition) is 1. The first-order valence-corrected chi connectivity index (χ1v) is 13.3. The molecule has 0 saturated carbocycles. The number of methoxy groups -OCH3 is 1. The minimum Gasteiger partial charge on any atom is -1.00 e. The smallest absolute Gasteiger partial charge is 1.00 e. The van der Waals surface area contributed by atoms with Gasteiger partial charge in [0.25, 0.3) is 0 Å². The number of allylic oxidation sites excluding steroid dienone is 4. The first kappa shape index (κ1) is 30.2. The summed E-state index contributed by atoms with van der Waals surface area (Å²) < 4.78 is 12.3. The maximum absolute atomic E-state index is 13.8. The molecule has 0 bridgehead atoms. The molecule has 0 radical (unpaired) electrons. The van der Waals surface area contributed by atoms with E-state index in [1.165, 1.54) is 0 Å². The molecule has 0 spiro atoms. The molecule has 0 atom stereocenters. The van der Waals surface area contributed by atoms with Gasteiger partial charge in [-0.2, -0.15) is 0 Å². The fraction of sp³-hybridized carbons (Fsp3) is 0.438. The van der Waals surface area contributed by atoms with Gasteiger partial charge in [0, 0.05) is 48.0 Å². The number of hydrogen-bond acceptors (Lipinski definition) is 6. The summed E-state index contributed by atoms with van der Waals surface area (Å²) in [6.45, 7) is 11.9.